The van der Waals surface area contributed by atoms with Crippen LogP contribution in [0.5, 0.6) is 0 Å². The topological polar surface area (TPSA) is 21.3 Å². The van der Waals surface area contributed by atoms with Crippen LogP contribution in [0.1, 0.15) is 11.7 Å². The number of halogens is 1. The van der Waals surface area contributed by atoms with Gasteiger partial charge in [-0.25, -0.2) is 0 Å². The maximum Gasteiger partial charge on any atom is 0.0945 e. The molecular formula is C10H14ClNO. The highest BCUT2D eigenvalue weighted by Gasteiger charge is 2.08. The average Bonchev–Trinajstić information content (AvgIpc) is 2.14. The fourth-order valence-electron chi connectivity index (χ4n) is 1.23. The summed E-state index contributed by atoms with van der Waals surface area (Å²) < 4.78 is 5.31. The molecule has 1 aromatic carbocycles. The zero-order valence-corrected chi connectivity index (χ0v) is 8.64. The number of hydrogen-bond acceptors (Lipinski definition) is 2. The number of ether oxygens (including phenoxy) is 1. The van der Waals surface area contributed by atoms with E-state index in [4.69, 9.17) is 16.3 Å². The van der Waals surface area contributed by atoms with Crippen molar-refractivity contribution in [3.8, 4) is 0 Å². The largest absolute Gasteiger partial charge is 0.375 e. The van der Waals surface area contributed by atoms with Gasteiger partial charge in [-0.1, -0.05) is 23.7 Å². The lowest BCUT2D eigenvalue weighted by Gasteiger charge is -2.15. The molecule has 0 fully saturated rings. The number of benzene rings is 1. The van der Waals surface area contributed by atoms with E-state index in [1.54, 1.807) is 7.11 Å². The van der Waals surface area contributed by atoms with Gasteiger partial charge in [-0.05, 0) is 24.7 Å². The molecule has 0 radical (unpaired) electrons. The quantitative estimate of drug-likeness (QED) is 0.803. The Labute approximate surface area is 83.9 Å². The molecule has 0 aliphatic carbocycles. The van der Waals surface area contributed by atoms with Gasteiger partial charge in [-0.2, -0.15) is 0 Å². The summed E-state index contributed by atoms with van der Waals surface area (Å²) >= 11 is 5.87. The second-order valence-corrected chi connectivity index (χ2v) is 3.27. The van der Waals surface area contributed by atoms with Gasteiger partial charge in [0.25, 0.3) is 0 Å². The van der Waals surface area contributed by atoms with Crippen molar-refractivity contribution < 1.29 is 4.74 Å². The summed E-state index contributed by atoms with van der Waals surface area (Å²) in [6, 6.07) is 7.72. The van der Waals surface area contributed by atoms with Crippen LogP contribution in [0.3, 0.4) is 0 Å². The molecular weight excluding hydrogens is 186 g/mol. The van der Waals surface area contributed by atoms with Gasteiger partial charge < -0.3 is 10.1 Å². The minimum atomic E-state index is 0.0729. The van der Waals surface area contributed by atoms with Crippen molar-refractivity contribution in [2.45, 2.75) is 6.10 Å². The average molecular weight is 200 g/mol. The summed E-state index contributed by atoms with van der Waals surface area (Å²) in [5.74, 6) is 0. The second kappa shape index (κ2) is 5.22. The third-order valence-electron chi connectivity index (χ3n) is 1.89. The molecule has 1 N–H and O–H groups in total. The van der Waals surface area contributed by atoms with Gasteiger partial charge in [-0.3, -0.25) is 0 Å². The van der Waals surface area contributed by atoms with Gasteiger partial charge in [0.15, 0.2) is 0 Å². The van der Waals surface area contributed by atoms with Crippen LogP contribution in [0.2, 0.25) is 5.02 Å². The smallest absolute Gasteiger partial charge is 0.0945 e. The third kappa shape index (κ3) is 2.99. The fourth-order valence-corrected chi connectivity index (χ4v) is 1.43. The van der Waals surface area contributed by atoms with Crippen LogP contribution in [-0.2, 0) is 4.74 Å². The Morgan fingerprint density at radius 1 is 1.54 bits per heavy atom. The molecule has 1 atom stereocenters. The predicted octanol–water partition coefficient (Wildman–Crippen LogP) is 2.25. The van der Waals surface area contributed by atoms with E-state index < -0.39 is 0 Å². The summed E-state index contributed by atoms with van der Waals surface area (Å²) in [6.07, 6.45) is 0.0729. The van der Waals surface area contributed by atoms with Crippen LogP contribution in [0.15, 0.2) is 24.3 Å². The van der Waals surface area contributed by atoms with Gasteiger partial charge in [0.2, 0.25) is 0 Å². The first-order valence-corrected chi connectivity index (χ1v) is 4.58. The SMILES string of the molecule is CNC[C@H](OC)c1cccc(Cl)c1. The number of hydrogen-bond donors (Lipinski definition) is 1. The molecule has 0 heterocycles. The molecule has 0 saturated carbocycles. The normalized spacial score (nSPS) is 12.8. The van der Waals surface area contributed by atoms with Gasteiger partial charge in [0.1, 0.15) is 0 Å². The lowest BCUT2D eigenvalue weighted by atomic mass is 10.1. The molecule has 72 valence electrons. The molecule has 0 aliphatic rings. The first-order valence-electron chi connectivity index (χ1n) is 4.20. The maximum absolute atomic E-state index is 5.87. The Kier molecular flexibility index (Phi) is 4.22. The molecule has 0 aliphatic heterocycles. The molecule has 0 bridgehead atoms. The Bertz CT molecular complexity index is 265. The van der Waals surface area contributed by atoms with Gasteiger partial charge in [-0.15, -0.1) is 0 Å². The van der Waals surface area contributed by atoms with Crippen LogP contribution in [0.4, 0.5) is 0 Å². The highest BCUT2D eigenvalue weighted by atomic mass is 35.5. The molecule has 0 aromatic heterocycles. The molecule has 0 amide bonds. The lowest BCUT2D eigenvalue weighted by Crippen LogP contribution is -2.18. The molecule has 2 nitrogen and oxygen atoms in total. The van der Waals surface area contributed by atoms with Gasteiger partial charge in [0.05, 0.1) is 6.10 Å². The summed E-state index contributed by atoms with van der Waals surface area (Å²) in [6.45, 7) is 0.789. The van der Waals surface area contributed by atoms with E-state index in [9.17, 15) is 0 Å². The van der Waals surface area contributed by atoms with E-state index >= 15 is 0 Å². The van der Waals surface area contributed by atoms with E-state index in [0.717, 1.165) is 17.1 Å². The predicted molar refractivity (Wildman–Crippen MR) is 55.1 cm³/mol. The molecule has 0 unspecified atom stereocenters. The molecule has 1 rings (SSSR count). The van der Waals surface area contributed by atoms with E-state index in [1.165, 1.54) is 0 Å². The van der Waals surface area contributed by atoms with Crippen molar-refractivity contribution in [2.24, 2.45) is 0 Å². The third-order valence-corrected chi connectivity index (χ3v) is 2.13. The zero-order valence-electron chi connectivity index (χ0n) is 7.88. The van der Waals surface area contributed by atoms with E-state index in [2.05, 4.69) is 5.32 Å². The van der Waals surface area contributed by atoms with Crippen molar-refractivity contribution >= 4 is 11.6 Å². The van der Waals surface area contributed by atoms with E-state index in [0.29, 0.717) is 0 Å². The van der Waals surface area contributed by atoms with Gasteiger partial charge in [0, 0.05) is 18.7 Å². The Morgan fingerprint density at radius 3 is 2.85 bits per heavy atom. The Hall–Kier alpha value is -0.570. The number of methoxy groups -OCH3 is 1. The summed E-state index contributed by atoms with van der Waals surface area (Å²) in [5.41, 5.74) is 1.10. The van der Waals surface area contributed by atoms with Crippen LogP contribution in [0, 0.1) is 0 Å². The van der Waals surface area contributed by atoms with Crippen molar-refractivity contribution in [3.05, 3.63) is 34.9 Å². The van der Waals surface area contributed by atoms with Crippen LogP contribution in [0.25, 0.3) is 0 Å². The maximum atomic E-state index is 5.87. The summed E-state index contributed by atoms with van der Waals surface area (Å²) in [7, 11) is 3.60. The highest BCUT2D eigenvalue weighted by Crippen LogP contribution is 2.19. The highest BCUT2D eigenvalue weighted by molar-refractivity contribution is 6.30. The first-order chi connectivity index (χ1) is 6.27. The minimum absolute atomic E-state index is 0.0729. The lowest BCUT2D eigenvalue weighted by molar-refractivity contribution is 0.104. The van der Waals surface area contributed by atoms with Gasteiger partial charge >= 0.3 is 0 Å². The van der Waals surface area contributed by atoms with Crippen LogP contribution in [-0.4, -0.2) is 20.7 Å². The Balaban J connectivity index is 2.78. The van der Waals surface area contributed by atoms with Crippen molar-refractivity contribution in [1.82, 2.24) is 5.32 Å². The summed E-state index contributed by atoms with van der Waals surface area (Å²) in [4.78, 5) is 0. The van der Waals surface area contributed by atoms with Crippen LogP contribution < -0.4 is 5.32 Å². The standard InChI is InChI=1S/C10H14ClNO/c1-12-7-10(13-2)8-4-3-5-9(11)6-8/h3-6,10,12H,7H2,1-2H3/t10-/m0/s1. The second-order valence-electron chi connectivity index (χ2n) is 2.84. The van der Waals surface area contributed by atoms with Crippen LogP contribution >= 0.6 is 11.6 Å². The molecule has 3 heteroatoms. The molecule has 13 heavy (non-hydrogen) atoms. The summed E-state index contributed by atoms with van der Waals surface area (Å²) in [5, 5.41) is 3.81. The number of likely N-dealkylation sites (N-methyl/N-ethyl adjacent to an activating group) is 1. The van der Waals surface area contributed by atoms with Crippen molar-refractivity contribution in [2.75, 3.05) is 20.7 Å². The van der Waals surface area contributed by atoms with E-state index in [-0.39, 0.29) is 6.10 Å². The molecule has 1 aromatic rings. The molecule has 0 saturated heterocycles. The first kappa shape index (κ1) is 10.5. The fraction of sp³-hybridized carbons (Fsp3) is 0.400. The number of rotatable bonds is 4. The monoisotopic (exact) mass is 199 g/mol. The van der Waals surface area contributed by atoms with Crippen molar-refractivity contribution in [1.29, 1.82) is 0 Å². The van der Waals surface area contributed by atoms with Crippen molar-refractivity contribution in [3.63, 3.8) is 0 Å². The van der Waals surface area contributed by atoms with E-state index in [1.807, 2.05) is 31.3 Å². The number of nitrogens with one attached hydrogen (secondary N) is 1. The Morgan fingerprint density at radius 2 is 2.31 bits per heavy atom. The zero-order chi connectivity index (χ0) is 9.68. The molecule has 0 spiro atoms. The minimum Gasteiger partial charge on any atom is -0.375 e.